The van der Waals surface area contributed by atoms with Gasteiger partial charge in [-0.15, -0.1) is 0 Å². The molecule has 0 bridgehead atoms. The van der Waals surface area contributed by atoms with E-state index in [1.54, 1.807) is 6.26 Å². The summed E-state index contributed by atoms with van der Waals surface area (Å²) in [4.78, 5) is 22.8. The Bertz CT molecular complexity index is 529. The Morgan fingerprint density at radius 2 is 2.00 bits per heavy atom. The van der Waals surface area contributed by atoms with Gasteiger partial charge in [0, 0.05) is 12.0 Å². The van der Waals surface area contributed by atoms with Crippen molar-refractivity contribution in [2.45, 2.75) is 50.4 Å². The van der Waals surface area contributed by atoms with Gasteiger partial charge in [0.1, 0.15) is 11.9 Å². The van der Waals surface area contributed by atoms with Crippen molar-refractivity contribution < 1.29 is 53.4 Å². The topological polar surface area (TPSA) is 91.6 Å². The van der Waals surface area contributed by atoms with Crippen LogP contribution in [-0.2, 0) is 20.7 Å². The summed E-state index contributed by atoms with van der Waals surface area (Å²) in [5, 5.41) is 13.6. The van der Waals surface area contributed by atoms with Crippen LogP contribution in [0.25, 0.3) is 0 Å². The summed E-state index contributed by atoms with van der Waals surface area (Å²) in [6.45, 7) is 0. The van der Waals surface area contributed by atoms with Crippen molar-refractivity contribution in [2.24, 2.45) is 0 Å². The maximum Gasteiger partial charge on any atom is 1.00 e. The SMILES string of the molecule is O=C([O-])C1CCC(C(=O)NC2CCCc3occc32)O1.[Na+]. The molecule has 1 amide bonds. The first-order valence-electron chi connectivity index (χ1n) is 6.88. The van der Waals surface area contributed by atoms with E-state index < -0.39 is 18.2 Å². The Morgan fingerprint density at radius 1 is 1.24 bits per heavy atom. The molecule has 1 aromatic heterocycles. The molecule has 1 aromatic rings. The average Bonchev–Trinajstić information content (AvgIpc) is 3.08. The van der Waals surface area contributed by atoms with E-state index >= 15 is 0 Å². The summed E-state index contributed by atoms with van der Waals surface area (Å²) in [7, 11) is 0. The number of rotatable bonds is 3. The number of hydrogen-bond donors (Lipinski definition) is 1. The van der Waals surface area contributed by atoms with Crippen LogP contribution in [0.5, 0.6) is 0 Å². The van der Waals surface area contributed by atoms with Crippen LogP contribution in [-0.4, -0.2) is 24.1 Å². The number of carbonyl (C=O) groups excluding carboxylic acids is 2. The fourth-order valence-electron chi connectivity index (χ4n) is 2.90. The third kappa shape index (κ3) is 3.51. The van der Waals surface area contributed by atoms with Crippen molar-refractivity contribution in [1.82, 2.24) is 5.32 Å². The van der Waals surface area contributed by atoms with Crippen LogP contribution in [0.3, 0.4) is 0 Å². The number of aliphatic carboxylic acids is 1. The molecule has 1 N–H and O–H groups in total. The molecule has 0 spiro atoms. The van der Waals surface area contributed by atoms with Crippen molar-refractivity contribution in [2.75, 3.05) is 0 Å². The predicted molar refractivity (Wildman–Crippen MR) is 65.4 cm³/mol. The van der Waals surface area contributed by atoms with Gasteiger partial charge in [-0.2, -0.15) is 0 Å². The normalized spacial score (nSPS) is 27.5. The average molecular weight is 301 g/mol. The van der Waals surface area contributed by atoms with Crippen LogP contribution in [0, 0.1) is 0 Å². The number of ether oxygens (including phenoxy) is 1. The minimum atomic E-state index is -1.25. The summed E-state index contributed by atoms with van der Waals surface area (Å²) in [6.07, 6.45) is 3.40. The molecular formula is C14H16NNaO5. The van der Waals surface area contributed by atoms with Gasteiger partial charge in [-0.05, 0) is 31.7 Å². The number of aryl methyl sites for hydroxylation is 1. The molecule has 1 aliphatic carbocycles. The molecule has 1 aliphatic heterocycles. The van der Waals surface area contributed by atoms with Crippen LogP contribution in [0.1, 0.15) is 43.0 Å². The van der Waals surface area contributed by atoms with Crippen molar-refractivity contribution in [3.8, 4) is 0 Å². The first kappa shape index (κ1) is 16.5. The van der Waals surface area contributed by atoms with Crippen molar-refractivity contribution in [3.05, 3.63) is 23.7 Å². The molecule has 7 heteroatoms. The smallest absolute Gasteiger partial charge is 0.547 e. The third-order valence-corrected chi connectivity index (χ3v) is 3.94. The molecule has 0 radical (unpaired) electrons. The van der Waals surface area contributed by atoms with Crippen LogP contribution < -0.4 is 40.0 Å². The standard InChI is InChI=1S/C14H17NO5.Na/c16-13(11-4-5-12(20-11)14(17)18)15-9-2-1-3-10-8(9)6-7-19-10;/h6-7,9,11-12H,1-5H2,(H,15,16)(H,17,18);/q;+1/p-1. The summed E-state index contributed by atoms with van der Waals surface area (Å²) in [5.41, 5.74) is 1.01. The monoisotopic (exact) mass is 301 g/mol. The van der Waals surface area contributed by atoms with Gasteiger partial charge < -0.3 is 24.4 Å². The molecule has 1 saturated heterocycles. The van der Waals surface area contributed by atoms with E-state index in [-0.39, 0.29) is 41.5 Å². The van der Waals surface area contributed by atoms with Crippen LogP contribution in [0.15, 0.2) is 16.7 Å². The zero-order valence-electron chi connectivity index (χ0n) is 12.0. The van der Waals surface area contributed by atoms with Crippen molar-refractivity contribution in [3.63, 3.8) is 0 Å². The maximum absolute atomic E-state index is 12.1. The van der Waals surface area contributed by atoms with Gasteiger partial charge in [0.05, 0.1) is 24.4 Å². The zero-order valence-corrected chi connectivity index (χ0v) is 14.0. The number of nitrogens with one attached hydrogen (secondary N) is 1. The second kappa shape index (κ2) is 6.96. The summed E-state index contributed by atoms with van der Waals surface area (Å²) < 4.78 is 10.6. The number of carbonyl (C=O) groups is 2. The molecule has 3 rings (SSSR count). The second-order valence-corrected chi connectivity index (χ2v) is 5.26. The molecule has 0 aromatic carbocycles. The Balaban J connectivity index is 0.00000161. The van der Waals surface area contributed by atoms with E-state index in [1.807, 2.05) is 6.07 Å². The van der Waals surface area contributed by atoms with Crippen molar-refractivity contribution in [1.29, 1.82) is 0 Å². The Kier molecular flexibility index (Phi) is 5.48. The van der Waals surface area contributed by atoms with E-state index in [0.29, 0.717) is 12.8 Å². The van der Waals surface area contributed by atoms with E-state index in [0.717, 1.165) is 30.6 Å². The number of amides is 1. The molecule has 108 valence electrons. The van der Waals surface area contributed by atoms with E-state index in [1.165, 1.54) is 0 Å². The molecule has 3 unspecified atom stereocenters. The van der Waals surface area contributed by atoms with Gasteiger partial charge in [0.2, 0.25) is 5.91 Å². The van der Waals surface area contributed by atoms with Gasteiger partial charge in [0.15, 0.2) is 0 Å². The zero-order chi connectivity index (χ0) is 14.1. The summed E-state index contributed by atoms with van der Waals surface area (Å²) in [5.74, 6) is -0.593. The Morgan fingerprint density at radius 3 is 2.71 bits per heavy atom. The van der Waals surface area contributed by atoms with E-state index in [9.17, 15) is 14.7 Å². The van der Waals surface area contributed by atoms with Gasteiger partial charge in [-0.3, -0.25) is 4.79 Å². The summed E-state index contributed by atoms with van der Waals surface area (Å²) >= 11 is 0. The van der Waals surface area contributed by atoms with Gasteiger partial charge >= 0.3 is 29.6 Å². The third-order valence-electron chi connectivity index (χ3n) is 3.94. The molecule has 6 nitrogen and oxygen atoms in total. The van der Waals surface area contributed by atoms with Crippen LogP contribution in [0.2, 0.25) is 0 Å². The second-order valence-electron chi connectivity index (χ2n) is 5.26. The fourth-order valence-corrected chi connectivity index (χ4v) is 2.90. The predicted octanol–water partition coefficient (Wildman–Crippen LogP) is -2.93. The largest absolute Gasteiger partial charge is 1.00 e. The van der Waals surface area contributed by atoms with Crippen LogP contribution in [0.4, 0.5) is 0 Å². The fraction of sp³-hybridized carbons (Fsp3) is 0.571. The number of carboxylic acids is 1. The van der Waals surface area contributed by atoms with Crippen molar-refractivity contribution >= 4 is 11.9 Å². The molecule has 2 aliphatic rings. The van der Waals surface area contributed by atoms with E-state index in [2.05, 4.69) is 5.32 Å². The summed E-state index contributed by atoms with van der Waals surface area (Å²) in [6, 6.07) is 1.80. The van der Waals surface area contributed by atoms with Gasteiger partial charge in [-0.25, -0.2) is 0 Å². The molecule has 3 atom stereocenters. The first-order valence-corrected chi connectivity index (χ1v) is 6.88. The van der Waals surface area contributed by atoms with Gasteiger partial charge in [-0.1, -0.05) is 0 Å². The number of furan rings is 1. The minimum absolute atomic E-state index is 0. The quantitative estimate of drug-likeness (QED) is 0.604. The molecule has 21 heavy (non-hydrogen) atoms. The Labute approximate surface area is 144 Å². The number of carboxylic acid groups (broad SMARTS) is 1. The molecule has 2 heterocycles. The number of fused-ring (bicyclic) bond motifs is 1. The van der Waals surface area contributed by atoms with Crippen LogP contribution >= 0.6 is 0 Å². The molecule has 0 saturated carbocycles. The molecule has 1 fully saturated rings. The molecular weight excluding hydrogens is 285 g/mol. The van der Waals surface area contributed by atoms with E-state index in [4.69, 9.17) is 9.15 Å². The van der Waals surface area contributed by atoms with Gasteiger partial charge in [0.25, 0.3) is 0 Å². The Hall–Kier alpha value is -0.820. The first-order chi connectivity index (χ1) is 9.65. The maximum atomic E-state index is 12.1. The minimum Gasteiger partial charge on any atom is -0.547 e. The number of hydrogen-bond acceptors (Lipinski definition) is 5.